The number of aliphatic imine (C=N–C) groups is 1. The van der Waals surface area contributed by atoms with Crippen LogP contribution in [0.4, 0.5) is 5.69 Å². The van der Waals surface area contributed by atoms with Crippen molar-refractivity contribution in [3.05, 3.63) is 44.6 Å². The van der Waals surface area contributed by atoms with Crippen LogP contribution in [0.5, 0.6) is 11.5 Å². The number of aromatic amines is 1. The van der Waals surface area contributed by atoms with Crippen LogP contribution >= 0.6 is 31.9 Å². The smallest absolute Gasteiger partial charge is 0.287 e. The van der Waals surface area contributed by atoms with Crippen LogP contribution in [-0.2, 0) is 0 Å². The summed E-state index contributed by atoms with van der Waals surface area (Å²) in [7, 11) is 2.08. The highest BCUT2D eigenvalue weighted by molar-refractivity contribution is 9.11. The molecule has 4 rings (SSSR count). The fourth-order valence-corrected chi connectivity index (χ4v) is 4.60. The first kappa shape index (κ1) is 21.8. The summed E-state index contributed by atoms with van der Waals surface area (Å²) in [6.45, 7) is 1.94. The number of nitrogens with one attached hydrogen (secondary N) is 2. The number of benzene rings is 2. The summed E-state index contributed by atoms with van der Waals surface area (Å²) in [5.74, 6) is -0.129. The molecule has 4 N–H and O–H groups in total. The van der Waals surface area contributed by atoms with Crippen molar-refractivity contribution in [3.63, 3.8) is 0 Å². The number of fused-ring (bicyclic) bond motifs is 1. The Labute approximate surface area is 195 Å². The van der Waals surface area contributed by atoms with E-state index in [1.165, 1.54) is 6.21 Å². The second kappa shape index (κ2) is 8.97. The Kier molecular flexibility index (Phi) is 6.31. The summed E-state index contributed by atoms with van der Waals surface area (Å²) in [6, 6.07) is 7.09. The Morgan fingerprint density at radius 3 is 2.74 bits per heavy atom. The first-order chi connectivity index (χ1) is 14.8. The molecule has 10 heteroatoms. The molecule has 1 fully saturated rings. The third kappa shape index (κ3) is 4.76. The number of rotatable bonds is 4. The number of aromatic hydroxyl groups is 2. The van der Waals surface area contributed by atoms with Crippen LogP contribution in [0, 0.1) is 0 Å². The Hall–Kier alpha value is -2.43. The summed E-state index contributed by atoms with van der Waals surface area (Å²) in [5.41, 5.74) is 2.41. The van der Waals surface area contributed by atoms with Gasteiger partial charge in [0.05, 0.1) is 21.2 Å². The standard InChI is InChI=1S/C21H21Br2N5O3/c1-28-6-4-12(5-7-28)25-21(31)20-26-15-3-2-13(9-16(15)27-20)24-10-11-8-14(22)19(30)17(23)18(11)29/h2-3,8-10,12,29-30H,4-7H2,1H3,(H,25,31)(H,26,27)/b24-10+. The molecule has 8 nitrogen and oxygen atoms in total. The molecule has 0 atom stereocenters. The van der Waals surface area contributed by atoms with Crippen molar-refractivity contribution < 1.29 is 15.0 Å². The third-order valence-electron chi connectivity index (χ3n) is 5.29. The molecular weight excluding hydrogens is 530 g/mol. The van der Waals surface area contributed by atoms with Crippen LogP contribution < -0.4 is 5.32 Å². The number of H-pyrrole nitrogens is 1. The van der Waals surface area contributed by atoms with E-state index in [0.717, 1.165) is 31.4 Å². The van der Waals surface area contributed by atoms with E-state index >= 15 is 0 Å². The van der Waals surface area contributed by atoms with Gasteiger partial charge in [-0.1, -0.05) is 0 Å². The summed E-state index contributed by atoms with van der Waals surface area (Å²) < 4.78 is 0.619. The van der Waals surface area contributed by atoms with Gasteiger partial charge in [0.15, 0.2) is 5.82 Å². The Balaban J connectivity index is 1.51. The number of phenolic OH excluding ortho intramolecular Hbond substituents is 2. The van der Waals surface area contributed by atoms with E-state index in [1.807, 2.05) is 6.07 Å². The number of likely N-dealkylation sites (tertiary alicyclic amines) is 1. The molecule has 1 amide bonds. The molecule has 31 heavy (non-hydrogen) atoms. The molecule has 1 aromatic heterocycles. The van der Waals surface area contributed by atoms with E-state index in [2.05, 4.69) is 64.1 Å². The molecule has 162 valence electrons. The lowest BCUT2D eigenvalue weighted by Crippen LogP contribution is -2.43. The number of carbonyl (C=O) groups is 1. The van der Waals surface area contributed by atoms with Crippen molar-refractivity contribution in [1.82, 2.24) is 20.2 Å². The number of hydrogen-bond acceptors (Lipinski definition) is 6. The van der Waals surface area contributed by atoms with E-state index < -0.39 is 0 Å². The second-order valence-electron chi connectivity index (χ2n) is 7.55. The molecule has 0 saturated carbocycles. The molecule has 1 saturated heterocycles. The van der Waals surface area contributed by atoms with Gasteiger partial charge in [0.25, 0.3) is 5.91 Å². The van der Waals surface area contributed by atoms with Gasteiger partial charge in [-0.2, -0.15) is 0 Å². The molecule has 0 spiro atoms. The van der Waals surface area contributed by atoms with Gasteiger partial charge < -0.3 is 25.4 Å². The molecule has 0 unspecified atom stereocenters. The molecule has 1 aliphatic heterocycles. The van der Waals surface area contributed by atoms with Crippen LogP contribution in [0.25, 0.3) is 11.0 Å². The van der Waals surface area contributed by atoms with Crippen LogP contribution in [0.3, 0.4) is 0 Å². The van der Waals surface area contributed by atoms with Crippen LogP contribution in [0.2, 0.25) is 0 Å². The van der Waals surface area contributed by atoms with Gasteiger partial charge in [-0.05, 0) is 89.1 Å². The van der Waals surface area contributed by atoms with E-state index in [9.17, 15) is 15.0 Å². The quantitative estimate of drug-likeness (QED) is 0.366. The minimum absolute atomic E-state index is 0.0846. The fraction of sp³-hybridized carbons (Fsp3) is 0.286. The topological polar surface area (TPSA) is 114 Å². The van der Waals surface area contributed by atoms with Crippen molar-refractivity contribution in [2.75, 3.05) is 20.1 Å². The number of amides is 1. The maximum atomic E-state index is 12.6. The van der Waals surface area contributed by atoms with E-state index in [1.54, 1.807) is 18.2 Å². The van der Waals surface area contributed by atoms with Gasteiger partial charge in [0.1, 0.15) is 16.0 Å². The molecule has 2 heterocycles. The molecule has 3 aromatic rings. The molecular formula is C21H21Br2N5O3. The zero-order valence-corrected chi connectivity index (χ0v) is 19.9. The van der Waals surface area contributed by atoms with E-state index in [0.29, 0.717) is 21.2 Å². The van der Waals surface area contributed by atoms with Crippen molar-refractivity contribution in [1.29, 1.82) is 0 Å². The molecule has 1 aliphatic rings. The van der Waals surface area contributed by atoms with Crippen LogP contribution in [-0.4, -0.2) is 63.4 Å². The van der Waals surface area contributed by atoms with Gasteiger partial charge in [0.2, 0.25) is 0 Å². The highest BCUT2D eigenvalue weighted by Crippen LogP contribution is 2.40. The molecule has 2 aromatic carbocycles. The van der Waals surface area contributed by atoms with Gasteiger partial charge in [-0.25, -0.2) is 4.98 Å². The predicted octanol–water partition coefficient (Wildman–Crippen LogP) is 4.07. The lowest BCUT2D eigenvalue weighted by atomic mass is 10.1. The first-order valence-corrected chi connectivity index (χ1v) is 11.3. The van der Waals surface area contributed by atoms with E-state index in [-0.39, 0.29) is 33.7 Å². The highest BCUT2D eigenvalue weighted by atomic mass is 79.9. The average molecular weight is 551 g/mol. The third-order valence-corrected chi connectivity index (χ3v) is 6.64. The van der Waals surface area contributed by atoms with Gasteiger partial charge >= 0.3 is 0 Å². The van der Waals surface area contributed by atoms with Crippen LogP contribution in [0.15, 0.2) is 38.2 Å². The largest absolute Gasteiger partial charge is 0.506 e. The lowest BCUT2D eigenvalue weighted by molar-refractivity contribution is 0.0907. The minimum atomic E-state index is -0.209. The summed E-state index contributed by atoms with van der Waals surface area (Å²) in [5, 5.41) is 23.1. The average Bonchev–Trinajstić information content (AvgIpc) is 3.19. The second-order valence-corrected chi connectivity index (χ2v) is 9.20. The number of aromatic nitrogens is 2. The predicted molar refractivity (Wildman–Crippen MR) is 127 cm³/mol. The molecule has 0 aliphatic carbocycles. The summed E-state index contributed by atoms with van der Waals surface area (Å²) in [6.07, 6.45) is 3.35. The van der Waals surface area contributed by atoms with Crippen molar-refractivity contribution in [2.45, 2.75) is 18.9 Å². The summed E-state index contributed by atoms with van der Waals surface area (Å²) >= 11 is 6.39. The molecule has 0 bridgehead atoms. The lowest BCUT2D eigenvalue weighted by Gasteiger charge is -2.29. The zero-order valence-electron chi connectivity index (χ0n) is 16.7. The number of carbonyl (C=O) groups excluding carboxylic acids is 1. The van der Waals surface area contributed by atoms with Gasteiger partial charge in [-0.15, -0.1) is 0 Å². The zero-order chi connectivity index (χ0) is 22.1. The SMILES string of the molecule is CN1CCC(NC(=O)c2nc3cc(/N=C/c4cc(Br)c(O)c(Br)c4O)ccc3[nH]2)CC1. The Bertz CT molecular complexity index is 1170. The minimum Gasteiger partial charge on any atom is -0.506 e. The molecule has 0 radical (unpaired) electrons. The fourth-order valence-electron chi connectivity index (χ4n) is 3.45. The van der Waals surface area contributed by atoms with Crippen LogP contribution in [0.1, 0.15) is 29.0 Å². The monoisotopic (exact) mass is 549 g/mol. The number of nitrogens with zero attached hydrogens (tertiary/aromatic N) is 3. The number of piperidine rings is 1. The van der Waals surface area contributed by atoms with Crippen molar-refractivity contribution >= 4 is 60.7 Å². The summed E-state index contributed by atoms with van der Waals surface area (Å²) in [4.78, 5) is 26.7. The van der Waals surface area contributed by atoms with Gasteiger partial charge in [-0.3, -0.25) is 9.79 Å². The number of halogens is 2. The normalized spacial score (nSPS) is 15.7. The Morgan fingerprint density at radius 2 is 2.00 bits per heavy atom. The number of phenols is 2. The Morgan fingerprint density at radius 1 is 1.26 bits per heavy atom. The van der Waals surface area contributed by atoms with Crippen molar-refractivity contribution in [2.24, 2.45) is 4.99 Å². The first-order valence-electron chi connectivity index (χ1n) is 9.75. The number of imidazole rings is 1. The maximum Gasteiger partial charge on any atom is 0.287 e. The number of hydrogen-bond donors (Lipinski definition) is 4. The van der Waals surface area contributed by atoms with Gasteiger partial charge in [0, 0.05) is 17.8 Å². The van der Waals surface area contributed by atoms with Crippen molar-refractivity contribution in [3.8, 4) is 11.5 Å². The van der Waals surface area contributed by atoms with E-state index in [4.69, 9.17) is 0 Å². The maximum absolute atomic E-state index is 12.6. The highest BCUT2D eigenvalue weighted by Gasteiger charge is 2.21.